The lowest BCUT2D eigenvalue weighted by atomic mass is 9.56. The van der Waals surface area contributed by atoms with Crippen LogP contribution >= 0.6 is 0 Å². The molecule has 1 aromatic heterocycles. The second-order valence-electron chi connectivity index (χ2n) is 10.2. The monoisotopic (exact) mass is 432 g/mol. The molecule has 2 aromatic rings. The fourth-order valence-electron chi connectivity index (χ4n) is 7.01. The van der Waals surface area contributed by atoms with Crippen LogP contribution in [0.1, 0.15) is 47.5 Å². The Bertz CT molecular complexity index is 1150. The number of hydrogen-bond acceptors (Lipinski definition) is 6. The molecule has 0 spiro atoms. The van der Waals surface area contributed by atoms with Gasteiger partial charge in [-0.15, -0.1) is 0 Å². The molecule has 6 atom stereocenters. The first kappa shape index (κ1) is 19.8. The van der Waals surface area contributed by atoms with E-state index in [4.69, 9.17) is 9.26 Å². The van der Waals surface area contributed by atoms with Crippen LogP contribution in [-0.2, 0) is 6.61 Å². The smallest absolute Gasteiger partial charge is 0.266 e. The first-order chi connectivity index (χ1) is 15.4. The predicted molar refractivity (Wildman–Crippen MR) is 118 cm³/mol. The molecule has 1 fully saturated rings. The van der Waals surface area contributed by atoms with E-state index in [1.54, 1.807) is 0 Å². The van der Waals surface area contributed by atoms with E-state index < -0.39 is 5.41 Å². The summed E-state index contributed by atoms with van der Waals surface area (Å²) in [5, 5.41) is 15.7. The summed E-state index contributed by atoms with van der Waals surface area (Å²) in [7, 11) is 3.98. The zero-order valence-electron chi connectivity index (χ0n) is 18.6. The van der Waals surface area contributed by atoms with Gasteiger partial charge < -0.3 is 14.4 Å². The van der Waals surface area contributed by atoms with Crippen LogP contribution in [0.3, 0.4) is 0 Å². The van der Waals surface area contributed by atoms with E-state index in [0.717, 1.165) is 18.4 Å². The average molecular weight is 433 g/mol. The van der Waals surface area contributed by atoms with Crippen molar-refractivity contribution < 1.29 is 19.2 Å². The van der Waals surface area contributed by atoms with Crippen molar-refractivity contribution in [1.29, 1.82) is 0 Å². The molecule has 1 saturated carbocycles. The Hall–Kier alpha value is -2.86. The number of allylic oxidation sites excluding steroid dienone is 3. The summed E-state index contributed by atoms with van der Waals surface area (Å²) >= 11 is 0. The largest absolute Gasteiger partial charge is 0.512 e. The number of Topliss-reactive ketones (excluding diaryl/α,β-unsaturated/α-hetero) is 1. The fraction of sp³-hybridized carbons (Fsp3) is 0.462. The number of ketones is 1. The molecule has 1 N–H and O–H groups in total. The number of aliphatic hydroxyl groups is 1. The van der Waals surface area contributed by atoms with E-state index >= 15 is 0 Å². The Morgan fingerprint density at radius 1 is 1.22 bits per heavy atom. The molecule has 6 rings (SSSR count). The maximum atomic E-state index is 13.9. The molecule has 0 amide bonds. The second-order valence-corrected chi connectivity index (χ2v) is 10.2. The van der Waals surface area contributed by atoms with Gasteiger partial charge in [-0.05, 0) is 55.4 Å². The molecule has 0 aliphatic heterocycles. The third kappa shape index (κ3) is 2.56. The van der Waals surface area contributed by atoms with Crippen molar-refractivity contribution in [3.8, 4) is 5.88 Å². The Kier molecular flexibility index (Phi) is 4.22. The Morgan fingerprint density at radius 2 is 1.97 bits per heavy atom. The van der Waals surface area contributed by atoms with Gasteiger partial charge in [0.05, 0.1) is 6.04 Å². The van der Waals surface area contributed by atoms with Crippen molar-refractivity contribution in [2.45, 2.75) is 32.4 Å². The van der Waals surface area contributed by atoms with Crippen molar-refractivity contribution in [2.75, 3.05) is 14.1 Å². The van der Waals surface area contributed by atoms with Crippen molar-refractivity contribution in [3.05, 3.63) is 70.7 Å². The third-order valence-electron chi connectivity index (χ3n) is 8.15. The van der Waals surface area contributed by atoms with Crippen LogP contribution in [0.15, 0.2) is 58.3 Å². The molecule has 6 nitrogen and oxygen atoms in total. The van der Waals surface area contributed by atoms with Crippen LogP contribution in [0.25, 0.3) is 0 Å². The number of carbonyl (C=O) groups excluding carboxylic acids is 1. The van der Waals surface area contributed by atoms with E-state index in [-0.39, 0.29) is 29.4 Å². The van der Waals surface area contributed by atoms with Crippen LogP contribution in [0.2, 0.25) is 0 Å². The number of hydrogen-bond donors (Lipinski definition) is 1. The van der Waals surface area contributed by atoms with E-state index in [2.05, 4.69) is 29.1 Å². The number of benzene rings is 1. The lowest BCUT2D eigenvalue weighted by molar-refractivity contribution is 0.0422. The van der Waals surface area contributed by atoms with Crippen LogP contribution in [0.4, 0.5) is 0 Å². The van der Waals surface area contributed by atoms with Gasteiger partial charge in [-0.25, -0.2) is 0 Å². The van der Waals surface area contributed by atoms with Crippen LogP contribution < -0.4 is 4.74 Å². The molecule has 4 aliphatic carbocycles. The zero-order valence-corrected chi connectivity index (χ0v) is 18.6. The van der Waals surface area contributed by atoms with Crippen molar-refractivity contribution in [3.63, 3.8) is 0 Å². The second kappa shape index (κ2) is 6.82. The number of carbonyl (C=O) groups is 1. The lowest BCUT2D eigenvalue weighted by Gasteiger charge is -2.50. The number of fused-ring (bicyclic) bond motifs is 7. The van der Waals surface area contributed by atoms with Crippen LogP contribution in [-0.4, -0.2) is 35.0 Å². The van der Waals surface area contributed by atoms with Gasteiger partial charge in [0.1, 0.15) is 17.9 Å². The van der Waals surface area contributed by atoms with Crippen molar-refractivity contribution in [1.82, 2.24) is 10.1 Å². The summed E-state index contributed by atoms with van der Waals surface area (Å²) in [6.45, 7) is 2.39. The molecular weight excluding hydrogens is 404 g/mol. The Balaban J connectivity index is 1.45. The molecule has 166 valence electrons. The number of rotatable bonds is 4. The van der Waals surface area contributed by atoms with Gasteiger partial charge in [0.25, 0.3) is 5.88 Å². The highest BCUT2D eigenvalue weighted by Gasteiger charge is 2.61. The van der Waals surface area contributed by atoms with Gasteiger partial charge in [0, 0.05) is 16.9 Å². The van der Waals surface area contributed by atoms with Gasteiger partial charge in [-0.2, -0.15) is 0 Å². The maximum absolute atomic E-state index is 13.9. The van der Waals surface area contributed by atoms with Crippen LogP contribution in [0, 0.1) is 29.1 Å². The minimum atomic E-state index is -0.548. The normalized spacial score (nSPS) is 34.6. The zero-order chi connectivity index (χ0) is 22.2. The van der Waals surface area contributed by atoms with Crippen LogP contribution in [0.5, 0.6) is 5.88 Å². The molecule has 4 aliphatic rings. The molecule has 1 unspecified atom stereocenters. The van der Waals surface area contributed by atoms with E-state index in [1.807, 2.05) is 44.4 Å². The Morgan fingerprint density at radius 3 is 2.72 bits per heavy atom. The standard InChI is InChI=1S/C26H28N2O4/c1-26-12-17-15-9-10-16(11-15)18(17)21(29)20(26)22(30)19-23(24(26)28(2)3)32-27-25(19)31-13-14-7-5-4-6-8-14/h4-10,15-18,24,29H,11-13H2,1-3H3/t15-,16+,17-,18+,24?,26+/m0/s1. The first-order valence-electron chi connectivity index (χ1n) is 11.4. The van der Waals surface area contributed by atoms with E-state index in [1.165, 1.54) is 0 Å². The summed E-state index contributed by atoms with van der Waals surface area (Å²) in [4.78, 5) is 16.0. The number of nitrogens with zero attached hydrogens (tertiary/aromatic N) is 2. The van der Waals surface area contributed by atoms with E-state index in [9.17, 15) is 9.90 Å². The Labute approximate surface area is 187 Å². The molecule has 6 heteroatoms. The average Bonchev–Trinajstić information content (AvgIpc) is 3.47. The number of ether oxygens (including phenoxy) is 1. The highest BCUT2D eigenvalue weighted by atomic mass is 16.5. The minimum absolute atomic E-state index is 0.0370. The summed E-state index contributed by atoms with van der Waals surface area (Å²) in [6, 6.07) is 9.56. The summed E-state index contributed by atoms with van der Waals surface area (Å²) in [6.07, 6.45) is 6.44. The number of aliphatic hydroxyl groups excluding tert-OH is 1. The maximum Gasteiger partial charge on any atom is 0.266 e. The van der Waals surface area contributed by atoms with Gasteiger partial charge in [-0.3, -0.25) is 9.69 Å². The SMILES string of the molecule is CN(C)C1c2onc(OCc3ccccc3)c2C(=O)C2=C(O)[C@H]3[C@@H](C[C@]21C)[C@H]1C=C[C@@H]3C1. The lowest BCUT2D eigenvalue weighted by Crippen LogP contribution is -2.49. The highest BCUT2D eigenvalue weighted by Crippen LogP contribution is 2.65. The summed E-state index contributed by atoms with van der Waals surface area (Å²) < 4.78 is 11.7. The van der Waals surface area contributed by atoms with Gasteiger partial charge in [-0.1, -0.05) is 49.4 Å². The predicted octanol–water partition coefficient (Wildman–Crippen LogP) is 4.71. The van der Waals surface area contributed by atoms with Crippen molar-refractivity contribution >= 4 is 5.78 Å². The van der Waals surface area contributed by atoms with Crippen molar-refractivity contribution in [2.24, 2.45) is 29.1 Å². The molecule has 0 saturated heterocycles. The molecular formula is C26H28N2O4. The third-order valence-corrected chi connectivity index (χ3v) is 8.15. The minimum Gasteiger partial charge on any atom is -0.512 e. The van der Waals surface area contributed by atoms with E-state index in [0.29, 0.717) is 41.3 Å². The highest BCUT2D eigenvalue weighted by molar-refractivity contribution is 6.13. The van der Waals surface area contributed by atoms with Gasteiger partial charge >= 0.3 is 0 Å². The quantitative estimate of drug-likeness (QED) is 0.705. The number of aromatic nitrogens is 1. The fourth-order valence-corrected chi connectivity index (χ4v) is 7.01. The summed E-state index contributed by atoms with van der Waals surface area (Å²) in [5.41, 5.74) is 1.32. The topological polar surface area (TPSA) is 75.8 Å². The summed E-state index contributed by atoms with van der Waals surface area (Å²) in [5.74, 6) is 2.01. The van der Waals surface area contributed by atoms with Gasteiger partial charge in [0.15, 0.2) is 5.76 Å². The molecule has 2 bridgehead atoms. The van der Waals surface area contributed by atoms with Gasteiger partial charge in [0.2, 0.25) is 5.78 Å². The first-order valence-corrected chi connectivity index (χ1v) is 11.4. The molecule has 32 heavy (non-hydrogen) atoms. The molecule has 0 radical (unpaired) electrons. The molecule has 1 aromatic carbocycles. The molecule has 1 heterocycles.